The number of H-pyrrole nitrogens is 1. The van der Waals surface area contributed by atoms with Crippen molar-refractivity contribution >= 4 is 30.0 Å². The molecule has 0 amide bonds. The number of aryl methyl sites for hydroxylation is 1. The highest BCUT2D eigenvalue weighted by Crippen LogP contribution is 2.25. The molecule has 0 unspecified atom stereocenters. The Morgan fingerprint density at radius 2 is 1.96 bits per heavy atom. The lowest BCUT2D eigenvalue weighted by Crippen LogP contribution is -2.22. The molecule has 0 radical (unpaired) electrons. The van der Waals surface area contributed by atoms with Crippen LogP contribution in [-0.4, -0.2) is 27.7 Å². The van der Waals surface area contributed by atoms with E-state index in [0.717, 1.165) is 16.7 Å². The minimum atomic E-state index is -0.360. The molecule has 0 fully saturated rings. The van der Waals surface area contributed by atoms with E-state index in [2.05, 4.69) is 22.2 Å². The second-order valence-corrected chi connectivity index (χ2v) is 7.43. The van der Waals surface area contributed by atoms with Gasteiger partial charge in [-0.15, -0.1) is 0 Å². The van der Waals surface area contributed by atoms with Crippen LogP contribution in [0.25, 0.3) is 0 Å². The summed E-state index contributed by atoms with van der Waals surface area (Å²) in [6.45, 7) is 4.47. The van der Waals surface area contributed by atoms with Gasteiger partial charge in [0.1, 0.15) is 11.4 Å². The number of aromatic amines is 1. The fraction of sp³-hybridized carbons (Fsp3) is 0.500. The Morgan fingerprint density at radius 1 is 1.25 bits per heavy atom. The number of unbranched alkanes of at least 4 members (excludes halogenated alkanes) is 6. The van der Waals surface area contributed by atoms with Crippen LogP contribution in [-0.2, 0) is 0 Å². The zero-order valence-electron chi connectivity index (χ0n) is 16.4. The highest BCUT2D eigenvalue weighted by molar-refractivity contribution is 7.71. The smallest absolute Gasteiger partial charge is 0.296 e. The first-order valence-corrected chi connectivity index (χ1v) is 10.5. The summed E-state index contributed by atoms with van der Waals surface area (Å²) in [5.41, 5.74) is 0.669. The Labute approximate surface area is 175 Å². The summed E-state index contributed by atoms with van der Waals surface area (Å²) in [6.07, 6.45) is 10.2. The lowest BCUT2D eigenvalue weighted by atomic mass is 10.1. The molecule has 8 heteroatoms. The number of rotatable bonds is 11. The molecule has 1 heterocycles. The van der Waals surface area contributed by atoms with E-state index in [9.17, 15) is 4.79 Å². The molecule has 0 aliphatic rings. The largest absolute Gasteiger partial charge is 0.492 e. The molecule has 0 aliphatic carbocycles. The van der Waals surface area contributed by atoms with Crippen molar-refractivity contribution in [1.82, 2.24) is 14.9 Å². The fourth-order valence-corrected chi connectivity index (χ4v) is 3.08. The fourth-order valence-electron chi connectivity index (χ4n) is 2.66. The molecule has 152 valence electrons. The third-order valence-electron chi connectivity index (χ3n) is 4.30. The lowest BCUT2D eigenvalue weighted by Gasteiger charge is -2.08. The van der Waals surface area contributed by atoms with E-state index in [1.54, 1.807) is 13.0 Å². The standard InChI is InChI=1S/C20H27ClN4O2S/c1-3-4-5-6-7-8-9-12-27-18-11-10-16(13-17(18)21)14-22-25-19(26)15(2)23-24-20(25)28/h10-11,13-14H,3-9,12H2,1-2H3,(H,24,28)/b22-14-. The third kappa shape index (κ3) is 6.87. The van der Waals surface area contributed by atoms with Gasteiger partial charge in [0.05, 0.1) is 17.8 Å². The number of halogens is 1. The van der Waals surface area contributed by atoms with Crippen molar-refractivity contribution in [3.8, 4) is 5.75 Å². The van der Waals surface area contributed by atoms with Gasteiger partial charge in [-0.25, -0.2) is 0 Å². The number of nitrogens with one attached hydrogen (secondary N) is 1. The molecule has 0 saturated carbocycles. The van der Waals surface area contributed by atoms with Crippen LogP contribution < -0.4 is 10.3 Å². The van der Waals surface area contributed by atoms with E-state index < -0.39 is 0 Å². The number of nitrogens with zero attached hydrogens (tertiary/aromatic N) is 3. The van der Waals surface area contributed by atoms with Crippen molar-refractivity contribution in [2.45, 2.75) is 58.8 Å². The van der Waals surface area contributed by atoms with Crippen molar-refractivity contribution in [3.63, 3.8) is 0 Å². The quantitative estimate of drug-likeness (QED) is 0.304. The van der Waals surface area contributed by atoms with Crippen molar-refractivity contribution in [2.75, 3.05) is 6.61 Å². The van der Waals surface area contributed by atoms with Gasteiger partial charge in [0.25, 0.3) is 5.56 Å². The van der Waals surface area contributed by atoms with Crippen molar-refractivity contribution in [2.24, 2.45) is 5.10 Å². The average molecular weight is 423 g/mol. The molecular formula is C20H27ClN4O2S. The summed E-state index contributed by atoms with van der Waals surface area (Å²) >= 11 is 11.3. The molecule has 2 aromatic rings. The van der Waals surface area contributed by atoms with Crippen molar-refractivity contribution < 1.29 is 4.74 Å². The summed E-state index contributed by atoms with van der Waals surface area (Å²) < 4.78 is 7.00. The van der Waals surface area contributed by atoms with Crippen molar-refractivity contribution in [1.29, 1.82) is 0 Å². The van der Waals surface area contributed by atoms with Crippen LogP contribution in [0.15, 0.2) is 28.1 Å². The van der Waals surface area contributed by atoms with Gasteiger partial charge in [-0.2, -0.15) is 14.9 Å². The highest BCUT2D eigenvalue weighted by atomic mass is 35.5. The monoisotopic (exact) mass is 422 g/mol. The highest BCUT2D eigenvalue weighted by Gasteiger charge is 2.04. The van der Waals surface area contributed by atoms with Gasteiger partial charge in [0.2, 0.25) is 4.77 Å². The SMILES string of the molecule is CCCCCCCCCOc1ccc(/C=N\n2c(=S)[nH]nc(C)c2=O)cc1Cl. The maximum absolute atomic E-state index is 12.0. The summed E-state index contributed by atoms with van der Waals surface area (Å²) in [7, 11) is 0. The molecule has 0 saturated heterocycles. The summed E-state index contributed by atoms with van der Waals surface area (Å²) in [5, 5.41) is 11.0. The lowest BCUT2D eigenvalue weighted by molar-refractivity contribution is 0.304. The molecule has 1 N–H and O–H groups in total. The van der Waals surface area contributed by atoms with E-state index in [1.807, 2.05) is 12.1 Å². The number of benzene rings is 1. The van der Waals surface area contributed by atoms with Gasteiger partial charge >= 0.3 is 0 Å². The Kier molecular flexibility index (Phi) is 9.37. The van der Waals surface area contributed by atoms with E-state index >= 15 is 0 Å². The van der Waals surface area contributed by atoms with E-state index in [0.29, 0.717) is 17.4 Å². The molecular weight excluding hydrogens is 396 g/mol. The Bertz CT molecular complexity index is 908. The van der Waals surface area contributed by atoms with E-state index in [1.165, 1.54) is 44.7 Å². The van der Waals surface area contributed by atoms with Crippen molar-refractivity contribution in [3.05, 3.63) is 49.6 Å². The van der Waals surface area contributed by atoms with Crippen LogP contribution in [0.3, 0.4) is 0 Å². The maximum atomic E-state index is 12.0. The molecule has 0 aliphatic heterocycles. The normalized spacial score (nSPS) is 11.2. The Balaban J connectivity index is 1.88. The third-order valence-corrected chi connectivity index (χ3v) is 4.86. The summed E-state index contributed by atoms with van der Waals surface area (Å²) in [6, 6.07) is 5.39. The second kappa shape index (κ2) is 11.8. The Morgan fingerprint density at radius 3 is 2.68 bits per heavy atom. The molecule has 0 spiro atoms. The first-order chi connectivity index (χ1) is 13.5. The first-order valence-electron chi connectivity index (χ1n) is 9.68. The van der Waals surface area contributed by atoms with Gasteiger partial charge in [-0.1, -0.05) is 57.0 Å². The minimum Gasteiger partial charge on any atom is -0.492 e. The van der Waals surface area contributed by atoms with Gasteiger partial charge in [-0.3, -0.25) is 9.89 Å². The number of hydrogen-bond acceptors (Lipinski definition) is 5. The van der Waals surface area contributed by atoms with Crippen LogP contribution in [0.1, 0.15) is 63.1 Å². The topological polar surface area (TPSA) is 72.3 Å². The molecule has 28 heavy (non-hydrogen) atoms. The molecule has 6 nitrogen and oxygen atoms in total. The summed E-state index contributed by atoms with van der Waals surface area (Å²) in [4.78, 5) is 12.0. The van der Waals surface area contributed by atoms with Gasteiger partial charge in [-0.05, 0) is 49.3 Å². The van der Waals surface area contributed by atoms with Crippen LogP contribution in [0.5, 0.6) is 5.75 Å². The van der Waals surface area contributed by atoms with Gasteiger partial charge in [0.15, 0.2) is 0 Å². The predicted octanol–water partition coefficient (Wildman–Crippen LogP) is 5.27. The zero-order chi connectivity index (χ0) is 20.4. The van der Waals surface area contributed by atoms with Crippen LogP contribution in [0.2, 0.25) is 5.02 Å². The minimum absolute atomic E-state index is 0.132. The molecule has 0 atom stereocenters. The van der Waals surface area contributed by atoms with Crippen LogP contribution in [0.4, 0.5) is 0 Å². The average Bonchev–Trinajstić information content (AvgIpc) is 2.68. The van der Waals surface area contributed by atoms with E-state index in [-0.39, 0.29) is 16.0 Å². The molecule has 1 aromatic carbocycles. The number of hydrogen-bond donors (Lipinski definition) is 1. The number of aromatic nitrogens is 3. The second-order valence-electron chi connectivity index (χ2n) is 6.64. The van der Waals surface area contributed by atoms with E-state index in [4.69, 9.17) is 28.6 Å². The van der Waals surface area contributed by atoms with Crippen LogP contribution in [0, 0.1) is 11.7 Å². The van der Waals surface area contributed by atoms with Gasteiger partial charge in [0, 0.05) is 0 Å². The number of ether oxygens (including phenoxy) is 1. The zero-order valence-corrected chi connectivity index (χ0v) is 18.0. The van der Waals surface area contributed by atoms with Gasteiger partial charge < -0.3 is 4.74 Å². The Hall–Kier alpha value is -1.99. The maximum Gasteiger partial charge on any atom is 0.296 e. The first kappa shape index (κ1) is 22.3. The van der Waals surface area contributed by atoms with Crippen LogP contribution >= 0.6 is 23.8 Å². The molecule has 2 rings (SSSR count). The summed E-state index contributed by atoms with van der Waals surface area (Å²) in [5.74, 6) is 0.652. The molecule has 1 aromatic heterocycles. The molecule has 0 bridgehead atoms. The predicted molar refractivity (Wildman–Crippen MR) is 116 cm³/mol.